The first-order valence-electron chi connectivity index (χ1n) is 7.39. The minimum absolute atomic E-state index is 0.00833. The van der Waals surface area contributed by atoms with Crippen molar-refractivity contribution in [3.63, 3.8) is 0 Å². The van der Waals surface area contributed by atoms with Gasteiger partial charge in [0.15, 0.2) is 0 Å². The summed E-state index contributed by atoms with van der Waals surface area (Å²) in [5, 5.41) is 9.20. The molecule has 0 spiro atoms. The van der Waals surface area contributed by atoms with E-state index in [1.165, 1.54) is 25.7 Å². The Morgan fingerprint density at radius 3 is 2.61 bits per heavy atom. The Morgan fingerprint density at radius 2 is 1.94 bits per heavy atom. The van der Waals surface area contributed by atoms with Crippen molar-refractivity contribution in [2.24, 2.45) is 22.7 Å². The molecule has 1 saturated heterocycles. The number of ether oxygens (including phenoxy) is 1. The summed E-state index contributed by atoms with van der Waals surface area (Å²) in [4.78, 5) is 0. The summed E-state index contributed by atoms with van der Waals surface area (Å²) in [7, 11) is 0. The highest BCUT2D eigenvalue weighted by Crippen LogP contribution is 2.68. The van der Waals surface area contributed by atoms with E-state index in [0.29, 0.717) is 29.3 Å². The highest BCUT2D eigenvalue weighted by Gasteiger charge is 2.69. The highest BCUT2D eigenvalue weighted by atomic mass is 16.6. The number of rotatable bonds is 1. The van der Waals surface area contributed by atoms with Crippen molar-refractivity contribution in [3.05, 3.63) is 0 Å². The molecule has 3 fully saturated rings. The quantitative estimate of drug-likeness (QED) is 0.659. The number of epoxide rings is 1. The van der Waals surface area contributed by atoms with Crippen molar-refractivity contribution in [3.8, 4) is 6.07 Å². The summed E-state index contributed by atoms with van der Waals surface area (Å²) in [6.07, 6.45) is 6.21. The number of nitrogens with zero attached hydrogens (tertiary/aromatic N) is 1. The fraction of sp³-hybridized carbons (Fsp3) is 0.938. The zero-order valence-electron chi connectivity index (χ0n) is 12.1. The minimum Gasteiger partial charge on any atom is -0.366 e. The Balaban J connectivity index is 2.00. The molecule has 0 bridgehead atoms. The summed E-state index contributed by atoms with van der Waals surface area (Å²) < 4.78 is 6.03. The van der Waals surface area contributed by atoms with Gasteiger partial charge in [0.2, 0.25) is 0 Å². The van der Waals surface area contributed by atoms with E-state index in [4.69, 9.17) is 4.74 Å². The van der Waals surface area contributed by atoms with Crippen LogP contribution in [-0.2, 0) is 4.74 Å². The molecule has 0 aromatic heterocycles. The van der Waals surface area contributed by atoms with Gasteiger partial charge in [-0.2, -0.15) is 5.26 Å². The third kappa shape index (κ3) is 1.43. The normalized spacial score (nSPS) is 52.9. The third-order valence-corrected chi connectivity index (χ3v) is 6.49. The third-order valence-electron chi connectivity index (χ3n) is 6.49. The fourth-order valence-corrected chi connectivity index (χ4v) is 5.43. The van der Waals surface area contributed by atoms with Gasteiger partial charge in [-0.1, -0.05) is 27.2 Å². The molecular formula is C16H25NO. The van der Waals surface area contributed by atoms with Gasteiger partial charge in [0.1, 0.15) is 0 Å². The molecule has 0 N–H and O–H groups in total. The van der Waals surface area contributed by atoms with E-state index >= 15 is 0 Å². The van der Waals surface area contributed by atoms with Gasteiger partial charge in [-0.25, -0.2) is 0 Å². The van der Waals surface area contributed by atoms with E-state index in [1.54, 1.807) is 0 Å². The molecule has 2 nitrogen and oxygen atoms in total. The van der Waals surface area contributed by atoms with E-state index in [2.05, 4.69) is 33.8 Å². The van der Waals surface area contributed by atoms with Crippen LogP contribution >= 0.6 is 0 Å². The molecule has 2 heteroatoms. The van der Waals surface area contributed by atoms with Crippen LogP contribution < -0.4 is 0 Å². The molecule has 0 unspecified atom stereocenters. The molecule has 100 valence electrons. The smallest absolute Gasteiger partial charge is 0.0963 e. The molecule has 18 heavy (non-hydrogen) atoms. The predicted molar refractivity (Wildman–Crippen MR) is 70.8 cm³/mol. The van der Waals surface area contributed by atoms with Crippen LogP contribution in [0.4, 0.5) is 0 Å². The number of hydrogen-bond acceptors (Lipinski definition) is 2. The number of nitriles is 1. The summed E-state index contributed by atoms with van der Waals surface area (Å²) in [5.74, 6) is 1.15. The van der Waals surface area contributed by atoms with Gasteiger partial charge >= 0.3 is 0 Å². The Morgan fingerprint density at radius 1 is 1.22 bits per heavy atom. The first-order valence-corrected chi connectivity index (χ1v) is 7.39. The summed E-state index contributed by atoms with van der Waals surface area (Å²) in [6.45, 7) is 9.51. The van der Waals surface area contributed by atoms with Gasteiger partial charge in [-0.05, 0) is 42.9 Å². The molecular weight excluding hydrogens is 222 g/mol. The Kier molecular flexibility index (Phi) is 2.43. The van der Waals surface area contributed by atoms with Crippen LogP contribution in [0.1, 0.15) is 59.8 Å². The largest absolute Gasteiger partial charge is 0.366 e. The second-order valence-corrected chi connectivity index (χ2v) is 7.84. The lowest BCUT2D eigenvalue weighted by Crippen LogP contribution is -2.54. The summed E-state index contributed by atoms with van der Waals surface area (Å²) in [5.41, 5.74) is 0.724. The average Bonchev–Trinajstić information content (AvgIpc) is 2.92. The second-order valence-electron chi connectivity index (χ2n) is 7.84. The lowest BCUT2D eigenvalue weighted by molar-refractivity contribution is -0.0754. The van der Waals surface area contributed by atoms with E-state index in [1.807, 2.05) is 0 Å². The van der Waals surface area contributed by atoms with Crippen LogP contribution in [0.5, 0.6) is 0 Å². The van der Waals surface area contributed by atoms with Gasteiger partial charge in [-0.3, -0.25) is 0 Å². The second kappa shape index (κ2) is 3.51. The van der Waals surface area contributed by atoms with Gasteiger partial charge in [0, 0.05) is 12.3 Å². The van der Waals surface area contributed by atoms with E-state index in [-0.39, 0.29) is 5.60 Å². The topological polar surface area (TPSA) is 36.3 Å². The maximum Gasteiger partial charge on any atom is 0.0963 e. The Labute approximate surface area is 111 Å². The van der Waals surface area contributed by atoms with Crippen molar-refractivity contribution >= 4 is 0 Å². The first-order chi connectivity index (χ1) is 8.34. The standard InChI is InChI=1S/C16H25NO/c1-14(2)7-5-8-15(3)11(6-9-17)16(4)13(18-16)10-12(14)15/h11-13H,5-8,10H2,1-4H3/t11-,12+,13+,15-,16-/m1/s1. The van der Waals surface area contributed by atoms with Gasteiger partial charge in [0.25, 0.3) is 0 Å². The van der Waals surface area contributed by atoms with Crippen molar-refractivity contribution in [2.75, 3.05) is 0 Å². The molecule has 2 saturated carbocycles. The molecule has 1 heterocycles. The minimum atomic E-state index is 0.00833. The van der Waals surface area contributed by atoms with Crippen molar-refractivity contribution in [1.82, 2.24) is 0 Å². The lowest BCUT2D eigenvalue weighted by Gasteiger charge is -2.57. The molecule has 0 aromatic carbocycles. The molecule has 3 aliphatic rings. The maximum atomic E-state index is 9.20. The van der Waals surface area contributed by atoms with E-state index < -0.39 is 0 Å². The number of hydrogen-bond donors (Lipinski definition) is 0. The van der Waals surface area contributed by atoms with Crippen LogP contribution in [0.2, 0.25) is 0 Å². The molecule has 0 amide bonds. The van der Waals surface area contributed by atoms with Crippen molar-refractivity contribution < 1.29 is 4.74 Å². The Hall–Kier alpha value is -0.550. The Bertz CT molecular complexity index is 410. The SMILES string of the molecule is CC1(C)CCC[C@]2(C)[C@@H](CC#N)[C@@]3(C)O[C@H]3C[C@@H]12. The molecule has 0 radical (unpaired) electrons. The summed E-state index contributed by atoms with van der Waals surface area (Å²) >= 11 is 0. The maximum absolute atomic E-state index is 9.20. The van der Waals surface area contributed by atoms with Crippen LogP contribution in [0, 0.1) is 34.0 Å². The van der Waals surface area contributed by atoms with Gasteiger partial charge < -0.3 is 4.74 Å². The monoisotopic (exact) mass is 247 g/mol. The zero-order valence-corrected chi connectivity index (χ0v) is 12.1. The molecule has 3 rings (SSSR count). The summed E-state index contributed by atoms with van der Waals surface area (Å²) in [6, 6.07) is 2.43. The fourth-order valence-electron chi connectivity index (χ4n) is 5.43. The molecule has 0 aromatic rings. The first kappa shape index (κ1) is 12.5. The van der Waals surface area contributed by atoms with E-state index in [0.717, 1.165) is 5.92 Å². The van der Waals surface area contributed by atoms with Gasteiger partial charge in [0.05, 0.1) is 17.8 Å². The van der Waals surface area contributed by atoms with E-state index in [9.17, 15) is 5.26 Å². The van der Waals surface area contributed by atoms with Crippen LogP contribution in [0.3, 0.4) is 0 Å². The lowest BCUT2D eigenvalue weighted by atomic mass is 9.46. The van der Waals surface area contributed by atoms with Crippen molar-refractivity contribution in [2.45, 2.75) is 71.5 Å². The number of fused-ring (bicyclic) bond motifs is 2. The predicted octanol–water partition coefficient (Wildman–Crippen LogP) is 3.91. The molecule has 1 aliphatic heterocycles. The molecule has 5 atom stereocenters. The highest BCUT2D eigenvalue weighted by molar-refractivity contribution is 5.18. The van der Waals surface area contributed by atoms with Crippen molar-refractivity contribution in [1.29, 1.82) is 5.26 Å². The molecule has 2 aliphatic carbocycles. The van der Waals surface area contributed by atoms with Crippen LogP contribution in [0.15, 0.2) is 0 Å². The van der Waals surface area contributed by atoms with Crippen LogP contribution in [-0.4, -0.2) is 11.7 Å². The zero-order chi connectivity index (χ0) is 13.2. The van der Waals surface area contributed by atoms with Gasteiger partial charge in [-0.15, -0.1) is 0 Å². The average molecular weight is 247 g/mol. The van der Waals surface area contributed by atoms with Crippen LogP contribution in [0.25, 0.3) is 0 Å².